The third kappa shape index (κ3) is 5.36. The minimum Gasteiger partial charge on any atom is -0.389 e. The summed E-state index contributed by atoms with van der Waals surface area (Å²) in [5.74, 6) is -0.264. The minimum absolute atomic E-state index is 0.192. The Hall–Kier alpha value is -1.75. The molecule has 1 aliphatic heterocycles. The lowest BCUT2D eigenvalue weighted by molar-refractivity contribution is 0.00715. The molecule has 25 heavy (non-hydrogen) atoms. The van der Waals surface area contributed by atoms with Crippen molar-refractivity contribution in [3.63, 3.8) is 0 Å². The molecule has 3 rings (SSSR count). The first-order valence-electron chi connectivity index (χ1n) is 8.99. The van der Waals surface area contributed by atoms with Crippen molar-refractivity contribution in [1.29, 1.82) is 0 Å². The fourth-order valence-electron chi connectivity index (χ4n) is 3.50. The maximum atomic E-state index is 13.5. The molecule has 4 heteroatoms. The van der Waals surface area contributed by atoms with Gasteiger partial charge in [-0.05, 0) is 37.4 Å². The number of ether oxygens (including phenoxy) is 1. The Balaban J connectivity index is 1.43. The quantitative estimate of drug-likeness (QED) is 0.797. The highest BCUT2D eigenvalue weighted by molar-refractivity contribution is 5.17. The van der Waals surface area contributed by atoms with Crippen LogP contribution in [0.25, 0.3) is 0 Å². The first kappa shape index (κ1) is 18.1. The van der Waals surface area contributed by atoms with Crippen LogP contribution >= 0.6 is 0 Å². The summed E-state index contributed by atoms with van der Waals surface area (Å²) < 4.78 is 19.1. The van der Waals surface area contributed by atoms with Crippen molar-refractivity contribution in [3.05, 3.63) is 71.5 Å². The van der Waals surface area contributed by atoms with E-state index in [0.717, 1.165) is 19.4 Å². The third-order valence-corrected chi connectivity index (χ3v) is 4.78. The summed E-state index contributed by atoms with van der Waals surface area (Å²) in [4.78, 5) is 2.35. The predicted molar refractivity (Wildman–Crippen MR) is 96.8 cm³/mol. The van der Waals surface area contributed by atoms with E-state index in [2.05, 4.69) is 29.2 Å². The summed E-state index contributed by atoms with van der Waals surface area (Å²) in [5.41, 5.74) is 1.86. The van der Waals surface area contributed by atoms with Crippen LogP contribution < -0.4 is 0 Å². The van der Waals surface area contributed by atoms with Gasteiger partial charge in [-0.15, -0.1) is 0 Å². The lowest BCUT2D eigenvalue weighted by Gasteiger charge is -2.27. The maximum absolute atomic E-state index is 13.5. The number of hydrogen-bond donors (Lipinski definition) is 1. The molecule has 0 radical (unpaired) electrons. The van der Waals surface area contributed by atoms with E-state index in [1.165, 1.54) is 18.1 Å². The summed E-state index contributed by atoms with van der Waals surface area (Å²) in [7, 11) is 0. The van der Waals surface area contributed by atoms with Crippen molar-refractivity contribution >= 4 is 0 Å². The molecular formula is C21H26FNO2. The molecule has 134 valence electrons. The monoisotopic (exact) mass is 343 g/mol. The number of β-amino-alcohol motifs (C(OH)–C–C–N with tert-alkyl or cyclic N) is 1. The number of aliphatic hydroxyl groups is 1. The Bertz CT molecular complexity index is 649. The second-order valence-electron chi connectivity index (χ2n) is 6.74. The van der Waals surface area contributed by atoms with Crippen molar-refractivity contribution in [1.82, 2.24) is 4.90 Å². The molecule has 2 aromatic rings. The number of hydrogen-bond acceptors (Lipinski definition) is 3. The van der Waals surface area contributed by atoms with Gasteiger partial charge in [-0.1, -0.05) is 48.5 Å². The van der Waals surface area contributed by atoms with Crippen LogP contribution in [0.1, 0.15) is 24.0 Å². The van der Waals surface area contributed by atoms with Gasteiger partial charge in [-0.3, -0.25) is 4.90 Å². The zero-order chi connectivity index (χ0) is 17.5. The van der Waals surface area contributed by atoms with Crippen LogP contribution in [-0.4, -0.2) is 41.8 Å². The van der Waals surface area contributed by atoms with E-state index in [-0.39, 0.29) is 19.0 Å². The molecule has 0 bridgehead atoms. The van der Waals surface area contributed by atoms with Crippen LogP contribution in [0.4, 0.5) is 4.39 Å². The zero-order valence-electron chi connectivity index (χ0n) is 14.5. The average Bonchev–Trinajstić information content (AvgIpc) is 3.04. The van der Waals surface area contributed by atoms with Crippen molar-refractivity contribution < 1.29 is 14.2 Å². The smallest absolute Gasteiger partial charge is 0.128 e. The number of rotatable bonds is 8. The summed E-state index contributed by atoms with van der Waals surface area (Å²) in [6.07, 6.45) is 2.80. The molecule has 2 unspecified atom stereocenters. The number of aliphatic hydroxyl groups excluding tert-OH is 1. The Morgan fingerprint density at radius 3 is 2.68 bits per heavy atom. The first-order valence-corrected chi connectivity index (χ1v) is 8.99. The highest BCUT2D eigenvalue weighted by atomic mass is 19.1. The van der Waals surface area contributed by atoms with Gasteiger partial charge < -0.3 is 9.84 Å². The lowest BCUT2D eigenvalue weighted by atomic mass is 10.0. The number of benzene rings is 2. The number of halogens is 1. The Morgan fingerprint density at radius 1 is 1.12 bits per heavy atom. The number of nitrogens with zero attached hydrogens (tertiary/aromatic N) is 1. The second kappa shape index (κ2) is 9.09. The number of likely N-dealkylation sites (tertiary alicyclic amines) is 1. The van der Waals surface area contributed by atoms with Crippen molar-refractivity contribution in [2.45, 2.75) is 38.0 Å². The van der Waals surface area contributed by atoms with Gasteiger partial charge in [0.15, 0.2) is 0 Å². The molecule has 1 saturated heterocycles. The Labute approximate surface area is 149 Å². The van der Waals surface area contributed by atoms with E-state index in [0.29, 0.717) is 18.2 Å². The molecule has 1 heterocycles. The highest BCUT2D eigenvalue weighted by Crippen LogP contribution is 2.21. The van der Waals surface area contributed by atoms with Gasteiger partial charge >= 0.3 is 0 Å². The van der Waals surface area contributed by atoms with Gasteiger partial charge in [0.05, 0.1) is 19.3 Å². The molecular weight excluding hydrogens is 317 g/mol. The second-order valence-corrected chi connectivity index (χ2v) is 6.74. The SMILES string of the molecule is OC(COCc1ccccc1F)CN1CCCC1Cc1ccccc1. The largest absolute Gasteiger partial charge is 0.389 e. The van der Waals surface area contributed by atoms with Gasteiger partial charge in [-0.25, -0.2) is 4.39 Å². The summed E-state index contributed by atoms with van der Waals surface area (Å²) in [6.45, 7) is 2.04. The summed E-state index contributed by atoms with van der Waals surface area (Å²) in [5, 5.41) is 10.3. The summed E-state index contributed by atoms with van der Waals surface area (Å²) in [6, 6.07) is 17.5. The van der Waals surface area contributed by atoms with Gasteiger partial charge in [0, 0.05) is 18.2 Å². The standard InChI is InChI=1S/C21H26FNO2/c22-21-11-5-4-9-18(21)15-25-16-20(24)14-23-12-6-10-19(23)13-17-7-2-1-3-8-17/h1-5,7-9,11,19-20,24H,6,10,12-16H2. The van der Waals surface area contributed by atoms with Crippen molar-refractivity contribution in [2.24, 2.45) is 0 Å². The van der Waals surface area contributed by atoms with E-state index in [4.69, 9.17) is 4.74 Å². The Kier molecular flexibility index (Phi) is 6.56. The molecule has 3 nitrogen and oxygen atoms in total. The molecule has 2 atom stereocenters. The maximum Gasteiger partial charge on any atom is 0.128 e. The van der Waals surface area contributed by atoms with Crippen LogP contribution in [0.2, 0.25) is 0 Å². The molecule has 0 aromatic heterocycles. The first-order chi connectivity index (χ1) is 12.2. The Morgan fingerprint density at radius 2 is 1.88 bits per heavy atom. The average molecular weight is 343 g/mol. The van der Waals surface area contributed by atoms with Crippen LogP contribution in [0, 0.1) is 5.82 Å². The summed E-state index contributed by atoms with van der Waals surface area (Å²) >= 11 is 0. The van der Waals surface area contributed by atoms with Crippen LogP contribution in [0.3, 0.4) is 0 Å². The molecule has 0 aliphatic carbocycles. The predicted octanol–water partition coefficient (Wildman–Crippen LogP) is 3.41. The van der Waals surface area contributed by atoms with Gasteiger partial charge in [0.1, 0.15) is 5.82 Å². The molecule has 0 amide bonds. The van der Waals surface area contributed by atoms with Crippen molar-refractivity contribution in [2.75, 3.05) is 19.7 Å². The van der Waals surface area contributed by atoms with E-state index in [1.807, 2.05) is 6.07 Å². The van der Waals surface area contributed by atoms with E-state index >= 15 is 0 Å². The van der Waals surface area contributed by atoms with Crippen LogP contribution in [0.15, 0.2) is 54.6 Å². The fraction of sp³-hybridized carbons (Fsp3) is 0.429. The van der Waals surface area contributed by atoms with Gasteiger partial charge in [0.25, 0.3) is 0 Å². The molecule has 0 saturated carbocycles. The van der Waals surface area contributed by atoms with Gasteiger partial charge in [-0.2, -0.15) is 0 Å². The van der Waals surface area contributed by atoms with Crippen molar-refractivity contribution in [3.8, 4) is 0 Å². The normalized spacial score (nSPS) is 19.2. The van der Waals surface area contributed by atoms with Crippen LogP contribution in [0.5, 0.6) is 0 Å². The molecule has 2 aromatic carbocycles. The van der Waals surface area contributed by atoms with Gasteiger partial charge in [0.2, 0.25) is 0 Å². The zero-order valence-corrected chi connectivity index (χ0v) is 14.5. The molecule has 1 fully saturated rings. The highest BCUT2D eigenvalue weighted by Gasteiger charge is 2.26. The topological polar surface area (TPSA) is 32.7 Å². The molecule has 0 spiro atoms. The molecule has 1 N–H and O–H groups in total. The third-order valence-electron chi connectivity index (χ3n) is 4.78. The fourth-order valence-corrected chi connectivity index (χ4v) is 3.50. The lowest BCUT2D eigenvalue weighted by Crippen LogP contribution is -2.39. The molecule has 1 aliphatic rings. The minimum atomic E-state index is -0.553. The van der Waals surface area contributed by atoms with E-state index < -0.39 is 6.10 Å². The van der Waals surface area contributed by atoms with E-state index in [1.54, 1.807) is 18.2 Å². The van der Waals surface area contributed by atoms with E-state index in [9.17, 15) is 9.50 Å². The van der Waals surface area contributed by atoms with Crippen LogP contribution in [-0.2, 0) is 17.8 Å².